The molecule has 0 saturated heterocycles. The highest BCUT2D eigenvalue weighted by molar-refractivity contribution is 14.1. The smallest absolute Gasteiger partial charge is 0.327 e. The third-order valence-electron chi connectivity index (χ3n) is 1.58. The van der Waals surface area contributed by atoms with Crippen LogP contribution in [-0.4, -0.2) is 15.8 Å². The first-order valence-electron chi connectivity index (χ1n) is 3.23. The van der Waals surface area contributed by atoms with E-state index in [9.17, 15) is 19.1 Å². The molecule has 0 amide bonds. The molecular formula is C6H5FINO3S. The number of halogens is 2. The molecular weight excluding hydrogens is 312 g/mol. The molecule has 0 fully saturated rings. The van der Waals surface area contributed by atoms with Gasteiger partial charge in [0.2, 0.25) is 0 Å². The van der Waals surface area contributed by atoms with Crippen LogP contribution < -0.4 is 0 Å². The van der Waals surface area contributed by atoms with Gasteiger partial charge in [0, 0.05) is 9.66 Å². The molecule has 0 aliphatic heterocycles. The van der Waals surface area contributed by atoms with Gasteiger partial charge >= 0.3 is 5.72 Å². The largest absolute Gasteiger partial charge is 0.346 e. The first kappa shape index (κ1) is 10.9. The molecule has 1 aliphatic carbocycles. The minimum Gasteiger partial charge on any atom is -0.327 e. The van der Waals surface area contributed by atoms with Gasteiger partial charge < -0.3 is 5.11 Å². The van der Waals surface area contributed by atoms with E-state index in [1.54, 1.807) is 22.6 Å². The Bertz CT molecular complexity index is 306. The number of hydrogen-bond acceptors (Lipinski definition) is 4. The Morgan fingerprint density at radius 2 is 2.46 bits per heavy atom. The van der Waals surface area contributed by atoms with Crippen molar-refractivity contribution in [2.45, 2.75) is 12.1 Å². The van der Waals surface area contributed by atoms with Crippen LogP contribution in [0, 0.1) is 10.1 Å². The minimum absolute atomic E-state index is 0.0179. The van der Waals surface area contributed by atoms with Crippen LogP contribution in [-0.2, 0) is 0 Å². The summed E-state index contributed by atoms with van der Waals surface area (Å²) in [5.74, 6) is 0. The van der Waals surface area contributed by atoms with Crippen molar-refractivity contribution in [1.82, 2.24) is 0 Å². The molecule has 4 nitrogen and oxygen atoms in total. The molecule has 0 heterocycles. The van der Waals surface area contributed by atoms with Crippen LogP contribution in [0.4, 0.5) is 3.89 Å². The van der Waals surface area contributed by atoms with Gasteiger partial charge in [0.05, 0.1) is 28.4 Å². The molecule has 0 aromatic rings. The monoisotopic (exact) mass is 317 g/mol. The van der Waals surface area contributed by atoms with Gasteiger partial charge in [0.1, 0.15) is 0 Å². The van der Waals surface area contributed by atoms with Gasteiger partial charge in [-0.2, -0.15) is 3.89 Å². The molecule has 1 rings (SSSR count). The fraction of sp³-hybridized carbons (Fsp3) is 0.333. The lowest BCUT2D eigenvalue weighted by Crippen LogP contribution is -2.37. The fourth-order valence-corrected chi connectivity index (χ4v) is 2.13. The van der Waals surface area contributed by atoms with Gasteiger partial charge in [-0.3, -0.25) is 10.1 Å². The molecule has 0 bridgehead atoms. The lowest BCUT2D eigenvalue weighted by atomic mass is 10.1. The van der Waals surface area contributed by atoms with Gasteiger partial charge in [0.15, 0.2) is 0 Å². The Balaban J connectivity index is 2.92. The Kier molecular flexibility index (Phi) is 3.30. The average molecular weight is 317 g/mol. The first-order chi connectivity index (χ1) is 5.99. The van der Waals surface area contributed by atoms with Crippen molar-refractivity contribution in [1.29, 1.82) is 0 Å². The summed E-state index contributed by atoms with van der Waals surface area (Å²) in [7, 11) is 0. The third-order valence-corrected chi connectivity index (χ3v) is 3.46. The van der Waals surface area contributed by atoms with Crippen LogP contribution in [0.5, 0.6) is 0 Å². The number of aliphatic hydroxyl groups is 1. The molecule has 1 unspecified atom stereocenters. The summed E-state index contributed by atoms with van der Waals surface area (Å²) in [6.45, 7) is 0. The van der Waals surface area contributed by atoms with E-state index in [4.69, 9.17) is 0 Å². The van der Waals surface area contributed by atoms with Crippen molar-refractivity contribution in [3.8, 4) is 0 Å². The molecule has 0 radical (unpaired) electrons. The number of allylic oxidation sites excluding steroid dienone is 1. The maximum Gasteiger partial charge on any atom is 0.346 e. The van der Waals surface area contributed by atoms with Crippen LogP contribution >= 0.6 is 34.7 Å². The lowest BCUT2D eigenvalue weighted by Gasteiger charge is -2.18. The summed E-state index contributed by atoms with van der Waals surface area (Å²) < 4.78 is 12.6. The molecule has 1 atom stereocenters. The summed E-state index contributed by atoms with van der Waals surface area (Å²) in [4.78, 5) is 9.92. The predicted molar refractivity (Wildman–Crippen MR) is 55.4 cm³/mol. The molecule has 0 spiro atoms. The molecule has 0 aromatic carbocycles. The lowest BCUT2D eigenvalue weighted by molar-refractivity contribution is -0.607. The highest BCUT2D eigenvalue weighted by atomic mass is 127. The first-order valence-corrected chi connectivity index (χ1v) is 5.02. The van der Waals surface area contributed by atoms with Gasteiger partial charge in [-0.15, -0.1) is 0 Å². The molecule has 13 heavy (non-hydrogen) atoms. The molecule has 0 saturated carbocycles. The summed E-state index contributed by atoms with van der Waals surface area (Å²) in [5.41, 5.74) is -2.07. The van der Waals surface area contributed by atoms with Crippen molar-refractivity contribution < 1.29 is 13.9 Å². The predicted octanol–water partition coefficient (Wildman–Crippen LogP) is 2.18. The summed E-state index contributed by atoms with van der Waals surface area (Å²) in [6.07, 6.45) is 2.04. The standard InChI is InChI=1S/C6H5FINO3S/c7-13-5-1-2-6(10,9(11)12)3-4(5)8/h1-2,10H,3H2. The number of nitrogens with zero attached hydrogens (tertiary/aromatic N) is 1. The van der Waals surface area contributed by atoms with Crippen LogP contribution in [0.2, 0.25) is 0 Å². The van der Waals surface area contributed by atoms with Crippen LogP contribution in [0.1, 0.15) is 6.42 Å². The van der Waals surface area contributed by atoms with Crippen LogP contribution in [0.25, 0.3) is 0 Å². The summed E-state index contributed by atoms with van der Waals surface area (Å²) >= 11 is 1.80. The van der Waals surface area contributed by atoms with Crippen LogP contribution in [0.3, 0.4) is 0 Å². The van der Waals surface area contributed by atoms with E-state index in [1.165, 1.54) is 6.08 Å². The summed E-state index contributed by atoms with van der Waals surface area (Å²) in [6, 6.07) is 0. The van der Waals surface area contributed by atoms with Gasteiger partial charge in [-0.05, 0) is 28.7 Å². The highest BCUT2D eigenvalue weighted by Gasteiger charge is 2.40. The van der Waals surface area contributed by atoms with E-state index in [-0.39, 0.29) is 18.6 Å². The van der Waals surface area contributed by atoms with Crippen molar-refractivity contribution in [3.63, 3.8) is 0 Å². The topological polar surface area (TPSA) is 63.4 Å². The van der Waals surface area contributed by atoms with Gasteiger partial charge in [-0.25, -0.2) is 0 Å². The molecule has 1 aliphatic rings. The molecule has 1 N–H and O–H groups in total. The maximum absolute atomic E-state index is 12.1. The second-order valence-corrected chi connectivity index (χ2v) is 4.39. The average Bonchev–Trinajstić information content (AvgIpc) is 2.04. The minimum atomic E-state index is -2.07. The van der Waals surface area contributed by atoms with Crippen LogP contribution in [0.15, 0.2) is 20.6 Å². The third kappa shape index (κ3) is 2.20. The summed E-state index contributed by atoms with van der Waals surface area (Å²) in [5, 5.41) is 19.8. The normalized spacial score (nSPS) is 27.9. The maximum atomic E-state index is 12.1. The number of hydrogen-bond donors (Lipinski definition) is 1. The van der Waals surface area contributed by atoms with Crippen molar-refractivity contribution in [2.75, 3.05) is 0 Å². The van der Waals surface area contributed by atoms with Crippen molar-refractivity contribution in [2.24, 2.45) is 0 Å². The molecule has 0 aromatic heterocycles. The Morgan fingerprint density at radius 1 is 1.85 bits per heavy atom. The van der Waals surface area contributed by atoms with Gasteiger partial charge in [0.25, 0.3) is 0 Å². The Hall–Kier alpha value is -0.150. The van der Waals surface area contributed by atoms with E-state index in [2.05, 4.69) is 0 Å². The van der Waals surface area contributed by atoms with E-state index in [1.807, 2.05) is 0 Å². The van der Waals surface area contributed by atoms with E-state index in [0.29, 0.717) is 8.48 Å². The zero-order chi connectivity index (χ0) is 10.1. The second-order valence-electron chi connectivity index (χ2n) is 2.49. The molecule has 7 heteroatoms. The number of rotatable bonds is 2. The Morgan fingerprint density at radius 3 is 2.85 bits per heavy atom. The van der Waals surface area contributed by atoms with E-state index < -0.39 is 10.6 Å². The zero-order valence-electron chi connectivity index (χ0n) is 6.24. The van der Waals surface area contributed by atoms with Crippen molar-refractivity contribution >= 4 is 34.7 Å². The molecule has 72 valence electrons. The van der Waals surface area contributed by atoms with E-state index >= 15 is 0 Å². The van der Waals surface area contributed by atoms with Gasteiger partial charge in [-0.1, -0.05) is 0 Å². The van der Waals surface area contributed by atoms with Crippen molar-refractivity contribution in [3.05, 3.63) is 30.8 Å². The SMILES string of the molecule is O=[N+]([O-])C1(O)C=CC(SF)=C(I)C1. The second kappa shape index (κ2) is 3.93. The highest BCUT2D eigenvalue weighted by Crippen LogP contribution is 2.36. The number of nitro groups is 1. The quantitative estimate of drug-likeness (QED) is 0.367. The zero-order valence-corrected chi connectivity index (χ0v) is 9.21. The Labute approximate surface area is 91.5 Å². The fourth-order valence-electron chi connectivity index (χ4n) is 0.867. The van der Waals surface area contributed by atoms with E-state index in [0.717, 1.165) is 6.08 Å².